The first kappa shape index (κ1) is 14.8. The standard InChI is InChI=1S/C21H22O/c1-14(22)20-18-8-6-5-7-15(18)10-12-19(20)16-9-11-17(13-16)21(2,3)4/h5-13,16H,1-4H3. The molecule has 1 aliphatic rings. The Bertz CT molecular complexity index is 800. The van der Waals surface area contributed by atoms with Crippen molar-refractivity contribution in [2.45, 2.75) is 33.6 Å². The second-order valence-corrected chi connectivity index (χ2v) is 7.06. The average molecular weight is 290 g/mol. The van der Waals surface area contributed by atoms with Crippen LogP contribution in [0.5, 0.6) is 0 Å². The van der Waals surface area contributed by atoms with Crippen molar-refractivity contribution in [1.29, 1.82) is 0 Å². The summed E-state index contributed by atoms with van der Waals surface area (Å²) in [5.74, 6) is 0.329. The molecule has 0 amide bonds. The number of Topliss-reactive ketones (excluding diaryl/α,β-unsaturated/α-hetero) is 1. The molecule has 1 nitrogen and oxygen atoms in total. The Kier molecular flexibility index (Phi) is 3.52. The topological polar surface area (TPSA) is 17.1 Å². The summed E-state index contributed by atoms with van der Waals surface area (Å²) in [5.41, 5.74) is 3.44. The largest absolute Gasteiger partial charge is 0.294 e. The van der Waals surface area contributed by atoms with Crippen LogP contribution in [0, 0.1) is 5.41 Å². The second-order valence-electron chi connectivity index (χ2n) is 7.06. The van der Waals surface area contributed by atoms with Crippen molar-refractivity contribution in [3.8, 4) is 0 Å². The summed E-state index contributed by atoms with van der Waals surface area (Å²) in [7, 11) is 0. The van der Waals surface area contributed by atoms with Gasteiger partial charge in [0.1, 0.15) is 0 Å². The number of hydrogen-bond acceptors (Lipinski definition) is 1. The molecule has 1 unspecified atom stereocenters. The first-order valence-electron chi connectivity index (χ1n) is 7.81. The molecule has 1 atom stereocenters. The van der Waals surface area contributed by atoms with Gasteiger partial charge in [0.05, 0.1) is 0 Å². The molecular formula is C21H22O. The van der Waals surface area contributed by atoms with E-state index < -0.39 is 0 Å². The minimum absolute atomic E-state index is 0.137. The molecule has 0 radical (unpaired) electrons. The fourth-order valence-electron chi connectivity index (χ4n) is 3.16. The normalized spacial score (nSPS) is 17.8. The van der Waals surface area contributed by atoms with Crippen molar-refractivity contribution in [1.82, 2.24) is 0 Å². The van der Waals surface area contributed by atoms with E-state index in [1.807, 2.05) is 18.2 Å². The summed E-state index contributed by atoms with van der Waals surface area (Å²) < 4.78 is 0. The maximum absolute atomic E-state index is 12.3. The highest BCUT2D eigenvalue weighted by Crippen LogP contribution is 2.38. The molecule has 0 saturated heterocycles. The molecule has 0 fully saturated rings. The maximum Gasteiger partial charge on any atom is 0.160 e. The van der Waals surface area contributed by atoms with Gasteiger partial charge in [-0.1, -0.05) is 75.4 Å². The molecule has 0 heterocycles. The fourth-order valence-corrected chi connectivity index (χ4v) is 3.16. The number of fused-ring (bicyclic) bond motifs is 1. The lowest BCUT2D eigenvalue weighted by molar-refractivity contribution is 0.101. The molecule has 2 aromatic carbocycles. The van der Waals surface area contributed by atoms with Crippen LogP contribution in [0.3, 0.4) is 0 Å². The van der Waals surface area contributed by atoms with Gasteiger partial charge in [0.25, 0.3) is 0 Å². The highest BCUT2D eigenvalue weighted by atomic mass is 16.1. The van der Waals surface area contributed by atoms with E-state index >= 15 is 0 Å². The molecule has 1 heteroatoms. The Labute approximate surface area is 132 Å². The van der Waals surface area contributed by atoms with Crippen LogP contribution in [0.1, 0.15) is 49.5 Å². The van der Waals surface area contributed by atoms with Gasteiger partial charge in [-0.05, 0) is 34.2 Å². The van der Waals surface area contributed by atoms with Crippen LogP contribution >= 0.6 is 0 Å². The van der Waals surface area contributed by atoms with Crippen LogP contribution in [0.25, 0.3) is 10.8 Å². The van der Waals surface area contributed by atoms with Gasteiger partial charge in [-0.15, -0.1) is 0 Å². The smallest absolute Gasteiger partial charge is 0.160 e. The van der Waals surface area contributed by atoms with E-state index in [2.05, 4.69) is 57.2 Å². The molecule has 1 aliphatic carbocycles. The second kappa shape index (κ2) is 5.24. The maximum atomic E-state index is 12.3. The third kappa shape index (κ3) is 2.52. The Balaban J connectivity index is 2.17. The summed E-state index contributed by atoms with van der Waals surface area (Å²) >= 11 is 0. The monoisotopic (exact) mass is 290 g/mol. The molecule has 0 saturated carbocycles. The average Bonchev–Trinajstić information content (AvgIpc) is 2.95. The third-order valence-electron chi connectivity index (χ3n) is 4.38. The highest BCUT2D eigenvalue weighted by molar-refractivity contribution is 6.08. The van der Waals surface area contributed by atoms with Crippen molar-refractivity contribution in [2.75, 3.05) is 0 Å². The van der Waals surface area contributed by atoms with Crippen LogP contribution in [0.2, 0.25) is 0 Å². The van der Waals surface area contributed by atoms with E-state index in [-0.39, 0.29) is 17.1 Å². The molecule has 2 aromatic rings. The van der Waals surface area contributed by atoms with Gasteiger partial charge in [-0.25, -0.2) is 0 Å². The van der Waals surface area contributed by atoms with Gasteiger partial charge in [-0.3, -0.25) is 4.79 Å². The summed E-state index contributed by atoms with van der Waals surface area (Å²) in [6.07, 6.45) is 6.69. The zero-order valence-corrected chi connectivity index (χ0v) is 13.7. The summed E-state index contributed by atoms with van der Waals surface area (Å²) in [6.45, 7) is 8.33. The molecule has 0 aliphatic heterocycles. The highest BCUT2D eigenvalue weighted by Gasteiger charge is 2.23. The van der Waals surface area contributed by atoms with Crippen LogP contribution in [-0.4, -0.2) is 5.78 Å². The number of allylic oxidation sites excluding steroid dienone is 4. The van der Waals surface area contributed by atoms with E-state index in [0.717, 1.165) is 21.9 Å². The first-order chi connectivity index (χ1) is 10.4. The fraction of sp³-hybridized carbons (Fsp3) is 0.286. The number of ketones is 1. The predicted molar refractivity (Wildman–Crippen MR) is 93.4 cm³/mol. The summed E-state index contributed by atoms with van der Waals surface area (Å²) in [5, 5.41) is 2.18. The van der Waals surface area contributed by atoms with Gasteiger partial charge in [0, 0.05) is 11.5 Å². The van der Waals surface area contributed by atoms with E-state index in [1.54, 1.807) is 6.92 Å². The molecule has 22 heavy (non-hydrogen) atoms. The third-order valence-corrected chi connectivity index (χ3v) is 4.38. The van der Waals surface area contributed by atoms with Crippen molar-refractivity contribution in [3.05, 3.63) is 71.3 Å². The van der Waals surface area contributed by atoms with Crippen LogP contribution in [0.4, 0.5) is 0 Å². The number of carbonyl (C=O) groups is 1. The Morgan fingerprint density at radius 1 is 1.05 bits per heavy atom. The first-order valence-corrected chi connectivity index (χ1v) is 7.81. The van der Waals surface area contributed by atoms with Crippen LogP contribution in [-0.2, 0) is 0 Å². The van der Waals surface area contributed by atoms with Gasteiger partial charge >= 0.3 is 0 Å². The van der Waals surface area contributed by atoms with Crippen molar-refractivity contribution < 1.29 is 4.79 Å². The molecule has 0 bridgehead atoms. The Morgan fingerprint density at radius 2 is 1.77 bits per heavy atom. The minimum Gasteiger partial charge on any atom is -0.294 e. The van der Waals surface area contributed by atoms with E-state index in [1.165, 1.54) is 5.57 Å². The Hall–Kier alpha value is -2.15. The molecule has 0 N–H and O–H groups in total. The SMILES string of the molecule is CC(=O)c1c(C2C=CC(C(C)(C)C)=C2)ccc2ccccc12. The van der Waals surface area contributed by atoms with Crippen LogP contribution < -0.4 is 0 Å². The lowest BCUT2D eigenvalue weighted by Gasteiger charge is -2.19. The van der Waals surface area contributed by atoms with E-state index in [0.29, 0.717) is 0 Å². The quantitative estimate of drug-likeness (QED) is 0.651. The van der Waals surface area contributed by atoms with Gasteiger partial charge in [-0.2, -0.15) is 0 Å². The van der Waals surface area contributed by atoms with Crippen molar-refractivity contribution in [3.63, 3.8) is 0 Å². The molecule has 0 spiro atoms. The molecule has 112 valence electrons. The Morgan fingerprint density at radius 3 is 2.41 bits per heavy atom. The molecule has 3 rings (SSSR count). The van der Waals surface area contributed by atoms with Gasteiger partial charge < -0.3 is 0 Å². The molecular weight excluding hydrogens is 268 g/mol. The van der Waals surface area contributed by atoms with Crippen molar-refractivity contribution in [2.24, 2.45) is 5.41 Å². The zero-order chi connectivity index (χ0) is 15.9. The molecule has 0 aromatic heterocycles. The van der Waals surface area contributed by atoms with E-state index in [4.69, 9.17) is 0 Å². The predicted octanol–water partition coefficient (Wildman–Crippen LogP) is 5.67. The van der Waals surface area contributed by atoms with Gasteiger partial charge in [0.15, 0.2) is 5.78 Å². The van der Waals surface area contributed by atoms with E-state index in [9.17, 15) is 4.79 Å². The lowest BCUT2D eigenvalue weighted by Crippen LogP contribution is -2.07. The number of carbonyl (C=O) groups excluding carboxylic acids is 1. The van der Waals surface area contributed by atoms with Gasteiger partial charge in [0.2, 0.25) is 0 Å². The zero-order valence-electron chi connectivity index (χ0n) is 13.7. The van der Waals surface area contributed by atoms with Crippen LogP contribution in [0.15, 0.2) is 60.2 Å². The summed E-state index contributed by atoms with van der Waals surface area (Å²) in [6, 6.07) is 12.3. The lowest BCUT2D eigenvalue weighted by atomic mass is 9.85. The number of benzene rings is 2. The minimum atomic E-state index is 0.137. The van der Waals surface area contributed by atoms with Crippen molar-refractivity contribution >= 4 is 16.6 Å². The number of hydrogen-bond donors (Lipinski definition) is 0. The number of rotatable bonds is 2. The summed E-state index contributed by atoms with van der Waals surface area (Å²) in [4.78, 5) is 12.3.